The van der Waals surface area contributed by atoms with Crippen LogP contribution >= 0.6 is 22.6 Å². The molecule has 6 heteroatoms. The molecule has 5 nitrogen and oxygen atoms in total. The van der Waals surface area contributed by atoms with Gasteiger partial charge in [-0.1, -0.05) is 18.2 Å². The monoisotopic (exact) mass is 420 g/mol. The molecule has 5 atom stereocenters. The second-order valence-electron chi connectivity index (χ2n) is 6.18. The van der Waals surface area contributed by atoms with Gasteiger partial charge in [-0.25, -0.2) is 0 Å². The number of aliphatic hydroxyl groups excluding tert-OH is 1. The van der Waals surface area contributed by atoms with Crippen molar-refractivity contribution in [2.75, 3.05) is 0 Å². The van der Waals surface area contributed by atoms with E-state index in [1.54, 1.807) is 6.92 Å². The number of rotatable bonds is 4. The fourth-order valence-electron chi connectivity index (χ4n) is 2.88. The molecule has 0 bridgehead atoms. The van der Waals surface area contributed by atoms with Crippen LogP contribution < -0.4 is 0 Å². The molecule has 2 saturated heterocycles. The van der Waals surface area contributed by atoms with E-state index in [9.17, 15) is 5.11 Å². The number of hydrogen-bond donors (Lipinski definition) is 1. The molecule has 3 rings (SSSR count). The van der Waals surface area contributed by atoms with Gasteiger partial charge in [-0.2, -0.15) is 0 Å². The Hall–Kier alpha value is -0.250. The molecule has 0 unspecified atom stereocenters. The predicted octanol–water partition coefficient (Wildman–Crippen LogP) is 2.43. The van der Waals surface area contributed by atoms with Gasteiger partial charge in [0.1, 0.15) is 18.3 Å². The molecule has 22 heavy (non-hydrogen) atoms. The lowest BCUT2D eigenvalue weighted by Gasteiger charge is -2.27. The summed E-state index contributed by atoms with van der Waals surface area (Å²) in [6.07, 6.45) is -2.28. The highest BCUT2D eigenvalue weighted by Gasteiger charge is 2.56. The van der Waals surface area contributed by atoms with Crippen LogP contribution in [0.25, 0.3) is 0 Å². The van der Waals surface area contributed by atoms with E-state index >= 15 is 0 Å². The van der Waals surface area contributed by atoms with Gasteiger partial charge in [0.2, 0.25) is 0 Å². The summed E-state index contributed by atoms with van der Waals surface area (Å²) < 4.78 is 24.6. The topological polar surface area (TPSA) is 57.2 Å². The minimum absolute atomic E-state index is 0.323. The highest BCUT2D eigenvalue weighted by Crippen LogP contribution is 2.39. The van der Waals surface area contributed by atoms with Gasteiger partial charge < -0.3 is 24.1 Å². The first-order valence-electron chi connectivity index (χ1n) is 7.41. The van der Waals surface area contributed by atoms with E-state index in [0.29, 0.717) is 6.61 Å². The Morgan fingerprint density at radius 1 is 1.32 bits per heavy atom. The molecule has 2 heterocycles. The van der Waals surface area contributed by atoms with Crippen molar-refractivity contribution in [3.05, 3.63) is 33.4 Å². The zero-order chi connectivity index (χ0) is 15.9. The molecule has 2 aliphatic heterocycles. The Kier molecular flexibility index (Phi) is 4.78. The van der Waals surface area contributed by atoms with Crippen LogP contribution in [0.3, 0.4) is 0 Å². The van der Waals surface area contributed by atoms with Crippen LogP contribution in [0.2, 0.25) is 0 Å². The molecule has 0 radical (unpaired) electrons. The minimum Gasteiger partial charge on any atom is -0.391 e. The second-order valence-corrected chi connectivity index (χ2v) is 7.34. The standard InChI is InChI=1S/C16H21IO5/c1-9(18)12-13(14-15(20-12)22-16(2,3)21-14)19-8-10-6-4-5-7-11(10)17/h4-7,9,12-15,18H,8H2,1-3H3/t9-,12-,13+,14-,15-/m1/s1. The average Bonchev–Trinajstić information content (AvgIpc) is 2.90. The van der Waals surface area contributed by atoms with Crippen LogP contribution in [-0.2, 0) is 25.6 Å². The maximum absolute atomic E-state index is 9.94. The Morgan fingerprint density at radius 2 is 2.05 bits per heavy atom. The number of halogens is 1. The summed E-state index contributed by atoms with van der Waals surface area (Å²) in [5.41, 5.74) is 1.11. The van der Waals surface area contributed by atoms with Crippen LogP contribution in [0.4, 0.5) is 0 Å². The van der Waals surface area contributed by atoms with Crippen molar-refractivity contribution in [3.63, 3.8) is 0 Å². The summed E-state index contributed by atoms with van der Waals surface area (Å²) in [5.74, 6) is -0.693. The number of fused-ring (bicyclic) bond motifs is 1. The molecule has 2 aliphatic rings. The van der Waals surface area contributed by atoms with Crippen molar-refractivity contribution < 1.29 is 24.1 Å². The van der Waals surface area contributed by atoms with Crippen molar-refractivity contribution in [2.45, 2.75) is 63.9 Å². The van der Waals surface area contributed by atoms with Gasteiger partial charge in [0.05, 0.1) is 12.7 Å². The van der Waals surface area contributed by atoms with Crippen LogP contribution in [0.15, 0.2) is 24.3 Å². The predicted molar refractivity (Wildman–Crippen MR) is 88.1 cm³/mol. The van der Waals surface area contributed by atoms with Crippen LogP contribution in [-0.4, -0.2) is 41.6 Å². The maximum atomic E-state index is 9.94. The van der Waals surface area contributed by atoms with Gasteiger partial charge in [0.15, 0.2) is 12.1 Å². The van der Waals surface area contributed by atoms with Gasteiger partial charge >= 0.3 is 0 Å². The fraction of sp³-hybridized carbons (Fsp3) is 0.625. The van der Waals surface area contributed by atoms with E-state index in [2.05, 4.69) is 22.6 Å². The van der Waals surface area contributed by atoms with E-state index in [1.807, 2.05) is 38.1 Å². The first kappa shape index (κ1) is 16.6. The van der Waals surface area contributed by atoms with Gasteiger partial charge in [-0.3, -0.25) is 0 Å². The van der Waals surface area contributed by atoms with Gasteiger partial charge in [-0.05, 0) is 55.0 Å². The van der Waals surface area contributed by atoms with E-state index in [1.165, 1.54) is 0 Å². The molecule has 0 amide bonds. The largest absolute Gasteiger partial charge is 0.391 e. The van der Waals surface area contributed by atoms with E-state index in [-0.39, 0.29) is 12.2 Å². The summed E-state index contributed by atoms with van der Waals surface area (Å²) in [7, 11) is 0. The van der Waals surface area contributed by atoms with Gasteiger partial charge in [0.25, 0.3) is 0 Å². The fourth-order valence-corrected chi connectivity index (χ4v) is 3.43. The average molecular weight is 420 g/mol. The molecule has 1 aromatic rings. The normalized spacial score (nSPS) is 34.6. The molecule has 2 fully saturated rings. The summed E-state index contributed by atoms with van der Waals surface area (Å²) in [4.78, 5) is 0. The molecule has 0 aromatic heterocycles. The van der Waals surface area contributed by atoms with Crippen LogP contribution in [0.5, 0.6) is 0 Å². The van der Waals surface area contributed by atoms with E-state index in [0.717, 1.165) is 9.13 Å². The molecule has 1 N–H and O–H groups in total. The first-order valence-corrected chi connectivity index (χ1v) is 8.49. The molecule has 0 saturated carbocycles. The van der Waals surface area contributed by atoms with Crippen LogP contribution in [0, 0.1) is 3.57 Å². The Bertz CT molecular complexity index is 533. The first-order chi connectivity index (χ1) is 10.4. The quantitative estimate of drug-likeness (QED) is 0.759. The summed E-state index contributed by atoms with van der Waals surface area (Å²) in [6, 6.07) is 8.05. The van der Waals surface area contributed by atoms with Crippen molar-refractivity contribution in [2.24, 2.45) is 0 Å². The number of benzene rings is 1. The number of ether oxygens (including phenoxy) is 4. The third-order valence-electron chi connectivity index (χ3n) is 3.89. The number of hydrogen-bond acceptors (Lipinski definition) is 5. The summed E-state index contributed by atoms with van der Waals surface area (Å²) in [6.45, 7) is 5.84. The lowest BCUT2D eigenvalue weighted by atomic mass is 10.1. The molecular weight excluding hydrogens is 399 g/mol. The molecule has 0 spiro atoms. The lowest BCUT2D eigenvalue weighted by molar-refractivity contribution is -0.229. The highest BCUT2D eigenvalue weighted by molar-refractivity contribution is 14.1. The second kappa shape index (κ2) is 6.33. The number of aliphatic hydroxyl groups is 1. The van der Waals surface area contributed by atoms with Crippen molar-refractivity contribution in [1.29, 1.82) is 0 Å². The third-order valence-corrected chi connectivity index (χ3v) is 4.94. The smallest absolute Gasteiger partial charge is 0.190 e. The zero-order valence-electron chi connectivity index (χ0n) is 12.9. The van der Waals surface area contributed by atoms with E-state index < -0.39 is 24.3 Å². The molecular formula is C16H21IO5. The van der Waals surface area contributed by atoms with Gasteiger partial charge in [0, 0.05) is 3.57 Å². The Labute approximate surface area is 144 Å². The molecule has 0 aliphatic carbocycles. The van der Waals surface area contributed by atoms with Crippen molar-refractivity contribution >= 4 is 22.6 Å². The Morgan fingerprint density at radius 3 is 2.73 bits per heavy atom. The van der Waals surface area contributed by atoms with Crippen molar-refractivity contribution in [1.82, 2.24) is 0 Å². The third kappa shape index (κ3) is 3.32. The Balaban J connectivity index is 1.73. The van der Waals surface area contributed by atoms with Crippen molar-refractivity contribution in [3.8, 4) is 0 Å². The molecule has 1 aromatic carbocycles. The van der Waals surface area contributed by atoms with Gasteiger partial charge in [-0.15, -0.1) is 0 Å². The zero-order valence-corrected chi connectivity index (χ0v) is 15.0. The highest BCUT2D eigenvalue weighted by atomic mass is 127. The van der Waals surface area contributed by atoms with E-state index in [4.69, 9.17) is 18.9 Å². The summed E-state index contributed by atoms with van der Waals surface area (Å²) in [5, 5.41) is 9.94. The van der Waals surface area contributed by atoms with Crippen LogP contribution in [0.1, 0.15) is 26.3 Å². The SMILES string of the molecule is C[C@@H](O)[C@H]1O[C@@H]2OC(C)(C)O[C@@H]2[C@H]1OCc1ccccc1I. The molecule has 122 valence electrons. The summed E-state index contributed by atoms with van der Waals surface area (Å²) >= 11 is 2.29. The maximum Gasteiger partial charge on any atom is 0.190 e. The lowest BCUT2D eigenvalue weighted by Crippen LogP contribution is -2.41. The minimum atomic E-state index is -0.693.